The Morgan fingerprint density at radius 3 is 2.45 bits per heavy atom. The number of hydrogen-bond donors (Lipinski definition) is 2. The van der Waals surface area contributed by atoms with E-state index in [0.717, 1.165) is 24.2 Å². The molecule has 0 spiro atoms. The zero-order chi connectivity index (χ0) is 29.6. The van der Waals surface area contributed by atoms with Crippen LogP contribution in [0.25, 0.3) is 5.76 Å². The Balaban J connectivity index is 1.45. The van der Waals surface area contributed by atoms with Crippen LogP contribution in [0, 0.1) is 6.92 Å². The van der Waals surface area contributed by atoms with Crippen LogP contribution in [0.5, 0.6) is 17.2 Å². The van der Waals surface area contributed by atoms with E-state index in [2.05, 4.69) is 11.0 Å². The fourth-order valence-electron chi connectivity index (χ4n) is 5.34. The van der Waals surface area contributed by atoms with Gasteiger partial charge in [0.15, 0.2) is 11.5 Å². The first kappa shape index (κ1) is 29.2. The number of aromatic hydroxyl groups is 1. The summed E-state index contributed by atoms with van der Waals surface area (Å²) in [6, 6.07) is 18.7. The SMILES string of the molecule is CCOc1cc(C2C(=C(O)c3ccc(OCc4cccc(C)c4)cc3)C(=O)C(=O)N2CCN2CCOCC2)ccc1O. The maximum Gasteiger partial charge on any atom is 0.295 e. The number of ether oxygens (including phenoxy) is 3. The van der Waals surface area contributed by atoms with Crippen molar-refractivity contribution in [2.45, 2.75) is 26.5 Å². The number of carbonyl (C=O) groups is 2. The molecular weight excluding hydrogens is 536 g/mol. The number of Topliss-reactive ketones (excluding diaryl/α,β-unsaturated/α-hetero) is 1. The summed E-state index contributed by atoms with van der Waals surface area (Å²) in [5.41, 5.74) is 3.12. The third-order valence-electron chi connectivity index (χ3n) is 7.52. The summed E-state index contributed by atoms with van der Waals surface area (Å²) in [5.74, 6) is -0.917. The molecule has 5 rings (SSSR count). The van der Waals surface area contributed by atoms with Crippen LogP contribution in [0.2, 0.25) is 0 Å². The number of nitrogens with zero attached hydrogens (tertiary/aromatic N) is 2. The van der Waals surface area contributed by atoms with Crippen molar-refractivity contribution >= 4 is 17.4 Å². The molecule has 3 aromatic rings. The standard InChI is InChI=1S/C33H36N2O7/c1-3-41-28-20-25(9-12-27(28)36)30-29(32(38)33(39)35(30)14-13-34-15-17-40-18-16-34)31(37)24-7-10-26(11-8-24)42-21-23-6-4-5-22(2)19-23/h4-12,19-20,30,36-37H,3,13-18,21H2,1-2H3. The average molecular weight is 573 g/mol. The molecule has 2 N–H and O–H groups in total. The van der Waals surface area contributed by atoms with Gasteiger partial charge in [-0.15, -0.1) is 0 Å². The van der Waals surface area contributed by atoms with Gasteiger partial charge in [-0.2, -0.15) is 0 Å². The molecule has 2 aliphatic rings. The van der Waals surface area contributed by atoms with Crippen LogP contribution in [0.15, 0.2) is 72.3 Å². The quantitative estimate of drug-likeness (QED) is 0.209. The molecule has 1 atom stereocenters. The number of morpholine rings is 1. The molecule has 42 heavy (non-hydrogen) atoms. The van der Waals surface area contributed by atoms with Gasteiger partial charge in [-0.3, -0.25) is 14.5 Å². The van der Waals surface area contributed by atoms with Crippen molar-refractivity contribution in [3.63, 3.8) is 0 Å². The van der Waals surface area contributed by atoms with Crippen LogP contribution in [-0.2, 0) is 20.9 Å². The number of phenolic OH excluding ortho intramolecular Hbond substituents is 1. The summed E-state index contributed by atoms with van der Waals surface area (Å²) < 4.78 is 16.9. The number of aryl methyl sites for hydroxylation is 1. The second kappa shape index (κ2) is 13.1. The predicted molar refractivity (Wildman–Crippen MR) is 157 cm³/mol. The molecule has 1 unspecified atom stereocenters. The van der Waals surface area contributed by atoms with Crippen LogP contribution < -0.4 is 9.47 Å². The lowest BCUT2D eigenvalue weighted by molar-refractivity contribution is -0.140. The topological polar surface area (TPSA) is 109 Å². The first-order valence-corrected chi connectivity index (χ1v) is 14.2. The number of likely N-dealkylation sites (tertiary alicyclic amines) is 1. The molecule has 9 nitrogen and oxygen atoms in total. The fourth-order valence-corrected chi connectivity index (χ4v) is 5.34. The molecule has 3 aromatic carbocycles. The van der Waals surface area contributed by atoms with Crippen LogP contribution in [0.3, 0.4) is 0 Å². The number of carbonyl (C=O) groups excluding carboxylic acids is 2. The van der Waals surface area contributed by atoms with E-state index in [1.54, 1.807) is 43.3 Å². The molecule has 220 valence electrons. The highest BCUT2D eigenvalue weighted by Crippen LogP contribution is 2.42. The summed E-state index contributed by atoms with van der Waals surface area (Å²) in [6.07, 6.45) is 0. The lowest BCUT2D eigenvalue weighted by atomic mass is 9.95. The molecular formula is C33H36N2O7. The largest absolute Gasteiger partial charge is 0.507 e. The minimum Gasteiger partial charge on any atom is -0.507 e. The second-order valence-electron chi connectivity index (χ2n) is 10.4. The maximum atomic E-state index is 13.4. The van der Waals surface area contributed by atoms with Gasteiger partial charge in [0, 0.05) is 31.7 Å². The van der Waals surface area contributed by atoms with Gasteiger partial charge in [-0.1, -0.05) is 35.9 Å². The number of benzene rings is 3. The number of phenols is 1. The Hall–Kier alpha value is -4.34. The summed E-state index contributed by atoms with van der Waals surface area (Å²) in [7, 11) is 0. The van der Waals surface area contributed by atoms with E-state index in [9.17, 15) is 19.8 Å². The Labute approximate surface area is 245 Å². The van der Waals surface area contributed by atoms with Gasteiger partial charge in [0.05, 0.1) is 31.4 Å². The smallest absolute Gasteiger partial charge is 0.295 e. The van der Waals surface area contributed by atoms with E-state index in [0.29, 0.717) is 49.8 Å². The highest BCUT2D eigenvalue weighted by molar-refractivity contribution is 6.46. The highest BCUT2D eigenvalue weighted by Gasteiger charge is 2.46. The van der Waals surface area contributed by atoms with Gasteiger partial charge in [-0.05, 0) is 61.4 Å². The Kier molecular flexibility index (Phi) is 9.09. The number of aliphatic hydroxyl groups is 1. The maximum absolute atomic E-state index is 13.4. The van der Waals surface area contributed by atoms with Gasteiger partial charge in [0.2, 0.25) is 0 Å². The molecule has 2 aliphatic heterocycles. The number of ketones is 1. The van der Waals surface area contributed by atoms with E-state index >= 15 is 0 Å². The molecule has 2 heterocycles. The van der Waals surface area contributed by atoms with E-state index in [-0.39, 0.29) is 29.4 Å². The monoisotopic (exact) mass is 572 g/mol. The second-order valence-corrected chi connectivity index (χ2v) is 10.4. The van der Waals surface area contributed by atoms with Gasteiger partial charge in [0.1, 0.15) is 18.1 Å². The van der Waals surface area contributed by atoms with Gasteiger partial charge >= 0.3 is 0 Å². The van der Waals surface area contributed by atoms with Crippen molar-refractivity contribution in [1.82, 2.24) is 9.80 Å². The average Bonchev–Trinajstić information content (AvgIpc) is 3.25. The van der Waals surface area contributed by atoms with Crippen LogP contribution in [0.4, 0.5) is 0 Å². The summed E-state index contributed by atoms with van der Waals surface area (Å²) in [4.78, 5) is 30.5. The molecule has 9 heteroatoms. The summed E-state index contributed by atoms with van der Waals surface area (Å²) >= 11 is 0. The molecule has 1 amide bonds. The Morgan fingerprint density at radius 1 is 0.976 bits per heavy atom. The minimum atomic E-state index is -0.858. The Bertz CT molecular complexity index is 1460. The lowest BCUT2D eigenvalue weighted by Gasteiger charge is -2.31. The van der Waals surface area contributed by atoms with Crippen molar-refractivity contribution < 1.29 is 34.0 Å². The molecule has 0 radical (unpaired) electrons. The molecule has 0 saturated carbocycles. The number of rotatable bonds is 10. The van der Waals surface area contributed by atoms with E-state index in [4.69, 9.17) is 14.2 Å². The van der Waals surface area contributed by atoms with Crippen molar-refractivity contribution in [3.05, 3.63) is 94.6 Å². The van der Waals surface area contributed by atoms with Crippen LogP contribution in [0.1, 0.15) is 35.2 Å². The third kappa shape index (κ3) is 6.42. The molecule has 2 fully saturated rings. The zero-order valence-corrected chi connectivity index (χ0v) is 23.9. The van der Waals surface area contributed by atoms with Crippen molar-refractivity contribution in [3.8, 4) is 17.2 Å². The molecule has 0 aliphatic carbocycles. The van der Waals surface area contributed by atoms with E-state index in [1.807, 2.05) is 25.1 Å². The van der Waals surface area contributed by atoms with E-state index in [1.165, 1.54) is 11.0 Å². The summed E-state index contributed by atoms with van der Waals surface area (Å²) in [6.45, 7) is 8.08. The highest BCUT2D eigenvalue weighted by atomic mass is 16.5. The first-order chi connectivity index (χ1) is 20.4. The number of aliphatic hydroxyl groups excluding tert-OH is 1. The van der Waals surface area contributed by atoms with Gasteiger partial charge in [0.25, 0.3) is 11.7 Å². The van der Waals surface area contributed by atoms with Crippen LogP contribution >= 0.6 is 0 Å². The minimum absolute atomic E-state index is 0.0106. The Morgan fingerprint density at radius 2 is 1.74 bits per heavy atom. The fraction of sp³-hybridized carbons (Fsp3) is 0.333. The number of hydrogen-bond acceptors (Lipinski definition) is 8. The van der Waals surface area contributed by atoms with Crippen molar-refractivity contribution in [1.29, 1.82) is 0 Å². The molecule has 0 aromatic heterocycles. The zero-order valence-electron chi connectivity index (χ0n) is 23.9. The van der Waals surface area contributed by atoms with E-state index < -0.39 is 17.7 Å². The predicted octanol–water partition coefficient (Wildman–Crippen LogP) is 4.43. The first-order valence-electron chi connectivity index (χ1n) is 14.2. The molecule has 0 bridgehead atoms. The normalized spacial score (nSPS) is 18.8. The third-order valence-corrected chi connectivity index (χ3v) is 7.52. The van der Waals surface area contributed by atoms with Gasteiger partial charge in [-0.25, -0.2) is 0 Å². The van der Waals surface area contributed by atoms with Crippen LogP contribution in [-0.4, -0.2) is 77.7 Å². The van der Waals surface area contributed by atoms with Gasteiger partial charge < -0.3 is 29.3 Å². The summed E-state index contributed by atoms with van der Waals surface area (Å²) in [5, 5.41) is 21.8. The van der Waals surface area contributed by atoms with Crippen molar-refractivity contribution in [2.24, 2.45) is 0 Å². The lowest BCUT2D eigenvalue weighted by Crippen LogP contribution is -2.42. The number of amides is 1. The molecule has 2 saturated heterocycles. The van der Waals surface area contributed by atoms with Crippen molar-refractivity contribution in [2.75, 3.05) is 46.0 Å².